The Balaban J connectivity index is 2.89. The monoisotopic (exact) mass is 382 g/mol. The van der Waals surface area contributed by atoms with Gasteiger partial charge in [0.25, 0.3) is 5.66 Å². The van der Waals surface area contributed by atoms with E-state index in [1.54, 1.807) is 0 Å². The molecule has 1 aliphatic rings. The largest absolute Gasteiger partial charge is 0.265 e. The van der Waals surface area contributed by atoms with E-state index in [0.29, 0.717) is 12.2 Å². The molecule has 0 heterocycles. The van der Waals surface area contributed by atoms with Crippen LogP contribution < -0.4 is 0 Å². The number of allylic oxidation sites excluding steroid dienone is 2. The lowest BCUT2D eigenvalue weighted by atomic mass is 9.88. The summed E-state index contributed by atoms with van der Waals surface area (Å²) in [5.41, 5.74) is -7.37. The zero-order chi connectivity index (χ0) is 19.8. The average Bonchev–Trinajstić information content (AvgIpc) is 2.61. The first-order chi connectivity index (χ1) is 12.1. The Hall–Kier alpha value is -3.10. The second-order valence-corrected chi connectivity index (χ2v) is 4.69. The van der Waals surface area contributed by atoms with Crippen molar-refractivity contribution in [3.8, 4) is 0 Å². The standard InChI is InChI=1S/C14H2F8N2O2/c15-5-1-4(7(16)11(20)8(5)17)6-9(18)12(21)14(23-2-25,24-3-26)13(22)10(6)19/h1,12H. The summed E-state index contributed by atoms with van der Waals surface area (Å²) in [6.45, 7) is 0. The molecule has 1 aromatic carbocycles. The molecule has 0 aliphatic heterocycles. The molecule has 0 amide bonds. The van der Waals surface area contributed by atoms with Crippen molar-refractivity contribution in [3.05, 3.63) is 52.4 Å². The van der Waals surface area contributed by atoms with Gasteiger partial charge in [0.15, 0.2) is 40.7 Å². The second kappa shape index (κ2) is 6.66. The number of rotatable bonds is 3. The molecule has 0 fully saturated rings. The van der Waals surface area contributed by atoms with Crippen LogP contribution in [0.25, 0.3) is 5.57 Å². The highest BCUT2D eigenvalue weighted by molar-refractivity contribution is 5.82. The highest BCUT2D eigenvalue weighted by Gasteiger charge is 2.54. The molecule has 0 bridgehead atoms. The minimum Gasteiger partial charge on any atom is -0.234 e. The maximum atomic E-state index is 14.2. The van der Waals surface area contributed by atoms with Crippen LogP contribution >= 0.6 is 0 Å². The number of carbonyl (C=O) groups excluding carboxylic acids is 2. The van der Waals surface area contributed by atoms with Gasteiger partial charge in [0.1, 0.15) is 0 Å². The fraction of sp³-hybridized carbons (Fsp3) is 0.143. The summed E-state index contributed by atoms with van der Waals surface area (Å²) in [7, 11) is 0. The van der Waals surface area contributed by atoms with Gasteiger partial charge in [0.05, 0.1) is 5.57 Å². The Kier molecular flexibility index (Phi) is 4.93. The van der Waals surface area contributed by atoms with Crippen LogP contribution in [0.4, 0.5) is 35.1 Å². The third-order valence-corrected chi connectivity index (χ3v) is 3.35. The molecule has 0 N–H and O–H groups in total. The molecule has 26 heavy (non-hydrogen) atoms. The molecule has 4 nitrogen and oxygen atoms in total. The Morgan fingerprint density at radius 2 is 1.42 bits per heavy atom. The Morgan fingerprint density at radius 3 is 1.92 bits per heavy atom. The predicted octanol–water partition coefficient (Wildman–Crippen LogP) is 3.79. The summed E-state index contributed by atoms with van der Waals surface area (Å²) in [5, 5.41) is 0. The molecular weight excluding hydrogens is 380 g/mol. The first-order valence-electron chi connectivity index (χ1n) is 6.25. The summed E-state index contributed by atoms with van der Waals surface area (Å²) < 4.78 is 110. The Morgan fingerprint density at radius 1 is 0.885 bits per heavy atom. The van der Waals surface area contributed by atoms with Gasteiger partial charge in [-0.3, -0.25) is 0 Å². The maximum Gasteiger partial charge on any atom is 0.265 e. The molecule has 0 aromatic heterocycles. The van der Waals surface area contributed by atoms with Crippen LogP contribution in [0.1, 0.15) is 5.56 Å². The van der Waals surface area contributed by atoms with Crippen LogP contribution in [0.3, 0.4) is 0 Å². The lowest BCUT2D eigenvalue weighted by Gasteiger charge is -2.29. The summed E-state index contributed by atoms with van der Waals surface area (Å²) in [5.74, 6) is -16.7. The number of alkyl halides is 1. The third-order valence-electron chi connectivity index (χ3n) is 3.35. The van der Waals surface area contributed by atoms with Gasteiger partial charge in [0.2, 0.25) is 18.3 Å². The zero-order valence-corrected chi connectivity index (χ0v) is 11.9. The quantitative estimate of drug-likeness (QED) is 0.263. The first kappa shape index (κ1) is 19.2. The van der Waals surface area contributed by atoms with Gasteiger partial charge in [-0.25, -0.2) is 44.7 Å². The number of hydrogen-bond acceptors (Lipinski definition) is 4. The number of hydrogen-bond donors (Lipinski definition) is 0. The lowest BCUT2D eigenvalue weighted by Crippen LogP contribution is -2.40. The third kappa shape index (κ3) is 2.56. The number of nitrogens with zero attached hydrogens (tertiary/aromatic N) is 2. The number of isocyanates is 2. The SMILES string of the molecule is O=C=NC1(N=C=O)C(F)=C(F)C(c2cc(F)c(F)c(F)c2F)=C(F)C1F. The molecule has 0 saturated carbocycles. The van der Waals surface area contributed by atoms with Crippen molar-refractivity contribution in [2.75, 3.05) is 0 Å². The van der Waals surface area contributed by atoms with Crippen LogP contribution in [-0.4, -0.2) is 24.0 Å². The summed E-state index contributed by atoms with van der Waals surface area (Å²) in [6.07, 6.45) is -2.44. The highest BCUT2D eigenvalue weighted by Crippen LogP contribution is 2.48. The van der Waals surface area contributed by atoms with Crippen molar-refractivity contribution < 1.29 is 44.7 Å². The average molecular weight is 382 g/mol. The van der Waals surface area contributed by atoms with Crippen molar-refractivity contribution in [2.45, 2.75) is 11.8 Å². The van der Waals surface area contributed by atoms with Gasteiger partial charge >= 0.3 is 0 Å². The molecule has 0 saturated heterocycles. The minimum atomic E-state index is -3.71. The van der Waals surface area contributed by atoms with E-state index in [1.165, 1.54) is 0 Å². The molecule has 1 unspecified atom stereocenters. The summed E-state index contributed by atoms with van der Waals surface area (Å²) >= 11 is 0. The van der Waals surface area contributed by atoms with Crippen molar-refractivity contribution in [2.24, 2.45) is 9.98 Å². The van der Waals surface area contributed by atoms with E-state index in [2.05, 4.69) is 9.98 Å². The fourth-order valence-corrected chi connectivity index (χ4v) is 2.17. The van der Waals surface area contributed by atoms with Gasteiger partial charge in [-0.1, -0.05) is 0 Å². The lowest BCUT2D eigenvalue weighted by molar-refractivity contribution is 0.195. The molecule has 1 aromatic rings. The van der Waals surface area contributed by atoms with E-state index in [-0.39, 0.29) is 6.07 Å². The highest BCUT2D eigenvalue weighted by atomic mass is 19.2. The molecule has 1 aliphatic carbocycles. The van der Waals surface area contributed by atoms with E-state index in [0.717, 1.165) is 0 Å². The summed E-state index contributed by atoms with van der Waals surface area (Å²) in [6, 6.07) is -0.249. The predicted molar refractivity (Wildman–Crippen MR) is 67.4 cm³/mol. The molecule has 136 valence electrons. The van der Waals surface area contributed by atoms with E-state index < -0.39 is 63.7 Å². The molecule has 0 spiro atoms. The van der Waals surface area contributed by atoms with Crippen molar-refractivity contribution in [3.63, 3.8) is 0 Å². The molecule has 2 rings (SSSR count). The van der Waals surface area contributed by atoms with Crippen molar-refractivity contribution >= 4 is 17.7 Å². The van der Waals surface area contributed by atoms with E-state index in [4.69, 9.17) is 0 Å². The van der Waals surface area contributed by atoms with Crippen molar-refractivity contribution in [1.29, 1.82) is 0 Å². The van der Waals surface area contributed by atoms with Crippen LogP contribution in [0, 0.1) is 23.3 Å². The van der Waals surface area contributed by atoms with Crippen LogP contribution in [0.5, 0.6) is 0 Å². The number of benzene rings is 1. The smallest absolute Gasteiger partial charge is 0.234 e. The fourth-order valence-electron chi connectivity index (χ4n) is 2.17. The molecular formula is C14H2F8N2O2. The second-order valence-electron chi connectivity index (χ2n) is 4.69. The van der Waals surface area contributed by atoms with Crippen LogP contribution in [0.15, 0.2) is 33.5 Å². The topological polar surface area (TPSA) is 58.9 Å². The van der Waals surface area contributed by atoms with Gasteiger partial charge in [-0.05, 0) is 6.07 Å². The van der Waals surface area contributed by atoms with E-state index >= 15 is 0 Å². The number of halogens is 8. The van der Waals surface area contributed by atoms with E-state index in [1.807, 2.05) is 0 Å². The number of aliphatic imine (C=N–C) groups is 2. The Labute approximate surface area is 137 Å². The molecule has 12 heteroatoms. The minimum absolute atomic E-state index is 0.249. The van der Waals surface area contributed by atoms with Gasteiger partial charge in [-0.2, -0.15) is 9.98 Å². The molecule has 0 radical (unpaired) electrons. The van der Waals surface area contributed by atoms with Gasteiger partial charge in [0, 0.05) is 5.56 Å². The van der Waals surface area contributed by atoms with Crippen LogP contribution in [-0.2, 0) is 9.59 Å². The Bertz CT molecular complexity index is 940. The first-order valence-corrected chi connectivity index (χ1v) is 6.25. The zero-order valence-electron chi connectivity index (χ0n) is 11.9. The van der Waals surface area contributed by atoms with Gasteiger partial charge in [-0.15, -0.1) is 0 Å². The van der Waals surface area contributed by atoms with Crippen molar-refractivity contribution in [1.82, 2.24) is 0 Å². The van der Waals surface area contributed by atoms with Gasteiger partial charge < -0.3 is 0 Å². The van der Waals surface area contributed by atoms with Crippen LogP contribution in [0.2, 0.25) is 0 Å². The summed E-state index contributed by atoms with van der Waals surface area (Å²) in [4.78, 5) is 25.4. The maximum absolute atomic E-state index is 14.2. The normalized spacial score (nSPS) is 22.8. The van der Waals surface area contributed by atoms with E-state index in [9.17, 15) is 44.7 Å². The molecule has 1 atom stereocenters.